The average Bonchev–Trinajstić information content (AvgIpc) is 2.14. The van der Waals surface area contributed by atoms with Crippen molar-refractivity contribution in [2.75, 3.05) is 0 Å². The lowest BCUT2D eigenvalue weighted by Gasteiger charge is -2.17. The molecule has 0 saturated heterocycles. The van der Waals surface area contributed by atoms with Gasteiger partial charge < -0.3 is 5.11 Å². The Balaban J connectivity index is 2.83. The van der Waals surface area contributed by atoms with E-state index in [9.17, 15) is 9.90 Å². The molecule has 0 atom stereocenters. The van der Waals surface area contributed by atoms with Gasteiger partial charge in [-0.25, -0.2) is 9.79 Å². The molecule has 3 nitrogen and oxygen atoms in total. The standard InChI is InChI=1S/C11H13NO2/c1-11(2,14)10-5-3-9(4-6-10)7-12-8-13/h3-6,14H,7H2,1-2H3. The van der Waals surface area contributed by atoms with Gasteiger partial charge in [-0.15, -0.1) is 0 Å². The number of hydrogen-bond acceptors (Lipinski definition) is 3. The van der Waals surface area contributed by atoms with Gasteiger partial charge >= 0.3 is 0 Å². The van der Waals surface area contributed by atoms with E-state index < -0.39 is 5.60 Å². The van der Waals surface area contributed by atoms with Crippen molar-refractivity contribution in [1.82, 2.24) is 0 Å². The normalized spacial score (nSPS) is 10.8. The third kappa shape index (κ3) is 2.80. The van der Waals surface area contributed by atoms with Gasteiger partial charge in [-0.05, 0) is 25.0 Å². The van der Waals surface area contributed by atoms with E-state index >= 15 is 0 Å². The maximum atomic E-state index is 9.87. The number of carbonyl (C=O) groups excluding carboxylic acids is 1. The van der Waals surface area contributed by atoms with Crippen LogP contribution in [0.4, 0.5) is 0 Å². The van der Waals surface area contributed by atoms with Gasteiger partial charge in [0.05, 0.1) is 12.1 Å². The molecule has 0 aliphatic carbocycles. The summed E-state index contributed by atoms with van der Waals surface area (Å²) < 4.78 is 0. The predicted molar refractivity (Wildman–Crippen MR) is 53.5 cm³/mol. The molecule has 0 heterocycles. The van der Waals surface area contributed by atoms with Crippen molar-refractivity contribution in [2.24, 2.45) is 4.99 Å². The first-order chi connectivity index (χ1) is 6.54. The second kappa shape index (κ2) is 4.18. The molecule has 0 fully saturated rings. The lowest BCUT2D eigenvalue weighted by atomic mass is 9.97. The number of aliphatic hydroxyl groups is 1. The fourth-order valence-corrected chi connectivity index (χ4v) is 1.14. The van der Waals surface area contributed by atoms with E-state index in [4.69, 9.17) is 0 Å². The van der Waals surface area contributed by atoms with Crippen LogP contribution in [0.3, 0.4) is 0 Å². The monoisotopic (exact) mass is 191 g/mol. The van der Waals surface area contributed by atoms with Gasteiger partial charge in [0.25, 0.3) is 0 Å². The maximum absolute atomic E-state index is 9.87. The summed E-state index contributed by atoms with van der Waals surface area (Å²) in [5.74, 6) is 0. The predicted octanol–water partition coefficient (Wildman–Crippen LogP) is 1.75. The van der Waals surface area contributed by atoms with Gasteiger partial charge in [0.15, 0.2) is 0 Å². The first kappa shape index (κ1) is 10.6. The number of rotatable bonds is 3. The molecule has 1 aromatic carbocycles. The molecule has 74 valence electrons. The van der Waals surface area contributed by atoms with Crippen molar-refractivity contribution in [3.8, 4) is 0 Å². The first-order valence-corrected chi connectivity index (χ1v) is 4.39. The van der Waals surface area contributed by atoms with Crippen molar-refractivity contribution in [1.29, 1.82) is 0 Å². The molecule has 1 N–H and O–H groups in total. The highest BCUT2D eigenvalue weighted by molar-refractivity contribution is 5.34. The Morgan fingerprint density at radius 2 is 1.93 bits per heavy atom. The summed E-state index contributed by atoms with van der Waals surface area (Å²) in [5.41, 5.74) is 0.949. The molecule has 0 bridgehead atoms. The fraction of sp³-hybridized carbons (Fsp3) is 0.364. The molecule has 3 heteroatoms. The van der Waals surface area contributed by atoms with Gasteiger partial charge in [-0.1, -0.05) is 24.3 Å². The molecular formula is C11H13NO2. The number of hydrogen-bond donors (Lipinski definition) is 1. The zero-order valence-corrected chi connectivity index (χ0v) is 8.32. The van der Waals surface area contributed by atoms with Crippen molar-refractivity contribution < 1.29 is 9.90 Å². The van der Waals surface area contributed by atoms with E-state index in [1.165, 1.54) is 6.08 Å². The van der Waals surface area contributed by atoms with Crippen LogP contribution in [0, 0.1) is 0 Å². The number of aliphatic imine (C=N–C) groups is 1. The second-order valence-electron chi connectivity index (χ2n) is 3.66. The smallest absolute Gasteiger partial charge is 0.235 e. The molecule has 0 saturated carbocycles. The van der Waals surface area contributed by atoms with E-state index in [0.29, 0.717) is 6.54 Å². The third-order valence-corrected chi connectivity index (χ3v) is 1.99. The molecule has 0 unspecified atom stereocenters. The van der Waals surface area contributed by atoms with Gasteiger partial charge in [-0.3, -0.25) is 0 Å². The minimum atomic E-state index is -0.827. The zero-order chi connectivity index (χ0) is 10.6. The molecule has 0 aliphatic heterocycles. The molecule has 1 rings (SSSR count). The zero-order valence-electron chi connectivity index (χ0n) is 8.32. The van der Waals surface area contributed by atoms with Crippen LogP contribution in [0.5, 0.6) is 0 Å². The second-order valence-corrected chi connectivity index (χ2v) is 3.66. The summed E-state index contributed by atoms with van der Waals surface area (Å²) in [7, 11) is 0. The molecule has 0 aliphatic rings. The Labute approximate surface area is 83.1 Å². The Bertz CT molecular complexity index is 343. The van der Waals surface area contributed by atoms with Gasteiger partial charge in [0.2, 0.25) is 6.08 Å². The molecule has 14 heavy (non-hydrogen) atoms. The van der Waals surface area contributed by atoms with Crippen molar-refractivity contribution in [2.45, 2.75) is 26.0 Å². The van der Waals surface area contributed by atoms with E-state index in [2.05, 4.69) is 4.99 Å². The molecule has 0 spiro atoms. The van der Waals surface area contributed by atoms with Gasteiger partial charge in [-0.2, -0.15) is 0 Å². The Hall–Kier alpha value is -1.44. The maximum Gasteiger partial charge on any atom is 0.235 e. The van der Waals surface area contributed by atoms with E-state index in [-0.39, 0.29) is 0 Å². The van der Waals surface area contributed by atoms with Crippen LogP contribution < -0.4 is 0 Å². The number of benzene rings is 1. The van der Waals surface area contributed by atoms with Crippen LogP contribution in [-0.2, 0) is 16.9 Å². The van der Waals surface area contributed by atoms with Gasteiger partial charge in [0.1, 0.15) is 0 Å². The summed E-state index contributed by atoms with van der Waals surface area (Å²) in [6.45, 7) is 3.80. The highest BCUT2D eigenvalue weighted by Crippen LogP contribution is 2.19. The van der Waals surface area contributed by atoms with Crippen molar-refractivity contribution in [3.63, 3.8) is 0 Å². The quantitative estimate of drug-likeness (QED) is 0.584. The topological polar surface area (TPSA) is 49.7 Å². The van der Waals surface area contributed by atoms with Crippen LogP contribution in [0.15, 0.2) is 29.3 Å². The lowest BCUT2D eigenvalue weighted by molar-refractivity contribution is 0.0786. The largest absolute Gasteiger partial charge is 0.386 e. The lowest BCUT2D eigenvalue weighted by Crippen LogP contribution is -2.15. The van der Waals surface area contributed by atoms with E-state index in [0.717, 1.165) is 11.1 Å². The fourth-order valence-electron chi connectivity index (χ4n) is 1.14. The molecule has 0 radical (unpaired) electrons. The molecule has 1 aromatic rings. The molecule has 0 aromatic heterocycles. The highest BCUT2D eigenvalue weighted by atomic mass is 16.3. The van der Waals surface area contributed by atoms with Crippen LogP contribution in [0.25, 0.3) is 0 Å². The van der Waals surface area contributed by atoms with E-state index in [1.54, 1.807) is 13.8 Å². The Morgan fingerprint density at radius 3 is 2.36 bits per heavy atom. The van der Waals surface area contributed by atoms with Crippen LogP contribution in [0.1, 0.15) is 25.0 Å². The summed E-state index contributed by atoms with van der Waals surface area (Å²) in [6, 6.07) is 7.34. The SMILES string of the molecule is CC(C)(O)c1ccc(CN=C=O)cc1. The summed E-state index contributed by atoms with van der Waals surface area (Å²) in [4.78, 5) is 13.3. The Kier molecular flexibility index (Phi) is 3.18. The minimum absolute atomic E-state index is 0.343. The highest BCUT2D eigenvalue weighted by Gasteiger charge is 2.14. The first-order valence-electron chi connectivity index (χ1n) is 4.39. The third-order valence-electron chi connectivity index (χ3n) is 1.99. The van der Waals surface area contributed by atoms with Crippen molar-refractivity contribution >= 4 is 6.08 Å². The van der Waals surface area contributed by atoms with Crippen LogP contribution in [0.2, 0.25) is 0 Å². The summed E-state index contributed by atoms with van der Waals surface area (Å²) in [5, 5.41) is 9.67. The molecular weight excluding hydrogens is 178 g/mol. The minimum Gasteiger partial charge on any atom is -0.386 e. The van der Waals surface area contributed by atoms with Gasteiger partial charge in [0, 0.05) is 0 Å². The van der Waals surface area contributed by atoms with Crippen LogP contribution >= 0.6 is 0 Å². The number of nitrogens with zero attached hydrogens (tertiary/aromatic N) is 1. The Morgan fingerprint density at radius 1 is 1.36 bits per heavy atom. The van der Waals surface area contributed by atoms with Crippen molar-refractivity contribution in [3.05, 3.63) is 35.4 Å². The van der Waals surface area contributed by atoms with E-state index in [1.807, 2.05) is 24.3 Å². The summed E-state index contributed by atoms with van der Waals surface area (Å²) in [6.07, 6.45) is 1.49. The van der Waals surface area contributed by atoms with Crippen LogP contribution in [-0.4, -0.2) is 11.2 Å². The summed E-state index contributed by atoms with van der Waals surface area (Å²) >= 11 is 0. The average molecular weight is 191 g/mol. The molecule has 0 amide bonds. The number of isocyanates is 1.